The quantitative estimate of drug-likeness (QED) is 0.881. The Morgan fingerprint density at radius 1 is 1.27 bits per heavy atom. The Morgan fingerprint density at radius 3 is 2.82 bits per heavy atom. The highest BCUT2D eigenvalue weighted by molar-refractivity contribution is 5.78. The summed E-state index contributed by atoms with van der Waals surface area (Å²) >= 11 is 0. The Kier molecular flexibility index (Phi) is 4.95. The first-order chi connectivity index (χ1) is 10.8. The van der Waals surface area contributed by atoms with Crippen molar-refractivity contribution in [2.75, 3.05) is 32.8 Å². The molecule has 3 rings (SSSR count). The summed E-state index contributed by atoms with van der Waals surface area (Å²) in [6.07, 6.45) is 2.77. The maximum absolute atomic E-state index is 12.3. The first-order valence-electron chi connectivity index (χ1n) is 8.10. The van der Waals surface area contributed by atoms with Gasteiger partial charge in [0.15, 0.2) is 0 Å². The standard InChI is InChI=1S/C17H24N2O3/c20-12-13-5-8-19(9-6-13)11-17(21)18-15-7-10-22-16-4-2-1-3-14(15)16/h1-4,13,15,20H,5-12H2,(H,18,21). The number of hydrogen-bond donors (Lipinski definition) is 2. The molecule has 2 N–H and O–H groups in total. The fourth-order valence-electron chi connectivity index (χ4n) is 3.26. The molecular formula is C17H24N2O3. The van der Waals surface area contributed by atoms with E-state index in [0.29, 0.717) is 19.1 Å². The van der Waals surface area contributed by atoms with Gasteiger partial charge in [0.05, 0.1) is 19.2 Å². The molecule has 0 radical (unpaired) electrons. The molecule has 2 aliphatic heterocycles. The van der Waals surface area contributed by atoms with Gasteiger partial charge >= 0.3 is 0 Å². The fourth-order valence-corrected chi connectivity index (χ4v) is 3.26. The van der Waals surface area contributed by atoms with Gasteiger partial charge in [-0.25, -0.2) is 0 Å². The Labute approximate surface area is 131 Å². The average Bonchev–Trinajstić information content (AvgIpc) is 2.56. The molecule has 0 aromatic heterocycles. The third-order valence-corrected chi connectivity index (χ3v) is 4.63. The zero-order valence-electron chi connectivity index (χ0n) is 12.8. The van der Waals surface area contributed by atoms with Crippen molar-refractivity contribution in [1.29, 1.82) is 0 Å². The minimum Gasteiger partial charge on any atom is -0.493 e. The predicted molar refractivity (Wildman–Crippen MR) is 83.7 cm³/mol. The van der Waals surface area contributed by atoms with Crippen LogP contribution in [0, 0.1) is 5.92 Å². The minimum atomic E-state index is 0.0485. The van der Waals surface area contributed by atoms with E-state index in [-0.39, 0.29) is 18.6 Å². The number of nitrogens with one attached hydrogen (secondary N) is 1. The number of aliphatic hydroxyl groups excluding tert-OH is 1. The molecule has 2 heterocycles. The van der Waals surface area contributed by atoms with E-state index < -0.39 is 0 Å². The second-order valence-electron chi connectivity index (χ2n) is 6.20. The van der Waals surface area contributed by atoms with Crippen molar-refractivity contribution in [2.24, 2.45) is 5.92 Å². The van der Waals surface area contributed by atoms with Crippen molar-refractivity contribution in [3.63, 3.8) is 0 Å². The van der Waals surface area contributed by atoms with Gasteiger partial charge in [-0.15, -0.1) is 0 Å². The van der Waals surface area contributed by atoms with Crippen LogP contribution in [-0.4, -0.2) is 48.8 Å². The number of para-hydroxylation sites is 1. The molecule has 0 saturated carbocycles. The van der Waals surface area contributed by atoms with E-state index in [2.05, 4.69) is 10.2 Å². The first kappa shape index (κ1) is 15.3. The molecule has 2 aliphatic rings. The molecule has 1 unspecified atom stereocenters. The summed E-state index contributed by atoms with van der Waals surface area (Å²) in [6.45, 7) is 3.13. The van der Waals surface area contributed by atoms with Crippen LogP contribution in [0.15, 0.2) is 24.3 Å². The number of hydrogen-bond acceptors (Lipinski definition) is 4. The lowest BCUT2D eigenvalue weighted by Crippen LogP contribution is -2.43. The Bertz CT molecular complexity index is 512. The van der Waals surface area contributed by atoms with Crippen LogP contribution >= 0.6 is 0 Å². The van der Waals surface area contributed by atoms with E-state index in [0.717, 1.165) is 43.7 Å². The third kappa shape index (κ3) is 3.59. The Balaban J connectivity index is 1.53. The topological polar surface area (TPSA) is 61.8 Å². The van der Waals surface area contributed by atoms with E-state index >= 15 is 0 Å². The molecule has 5 heteroatoms. The summed E-state index contributed by atoms with van der Waals surface area (Å²) in [5, 5.41) is 12.3. The molecule has 1 amide bonds. The second-order valence-corrected chi connectivity index (χ2v) is 6.20. The van der Waals surface area contributed by atoms with Crippen LogP contribution in [0.25, 0.3) is 0 Å². The van der Waals surface area contributed by atoms with Gasteiger partial charge in [0.2, 0.25) is 5.91 Å². The molecule has 1 aromatic carbocycles. The molecule has 5 nitrogen and oxygen atoms in total. The normalized spacial score (nSPS) is 22.7. The molecule has 120 valence electrons. The smallest absolute Gasteiger partial charge is 0.234 e. The van der Waals surface area contributed by atoms with Crippen molar-refractivity contribution in [3.8, 4) is 5.75 Å². The number of nitrogens with zero attached hydrogens (tertiary/aromatic N) is 1. The van der Waals surface area contributed by atoms with Gasteiger partial charge in [-0.2, -0.15) is 0 Å². The molecule has 1 saturated heterocycles. The van der Waals surface area contributed by atoms with E-state index in [9.17, 15) is 4.79 Å². The van der Waals surface area contributed by atoms with Crippen LogP contribution in [0.2, 0.25) is 0 Å². The largest absolute Gasteiger partial charge is 0.493 e. The SMILES string of the molecule is O=C(CN1CCC(CO)CC1)NC1CCOc2ccccc21. The maximum atomic E-state index is 12.3. The van der Waals surface area contributed by atoms with Crippen LogP contribution in [-0.2, 0) is 4.79 Å². The zero-order valence-corrected chi connectivity index (χ0v) is 12.8. The molecule has 0 aliphatic carbocycles. The van der Waals surface area contributed by atoms with Crippen molar-refractivity contribution in [3.05, 3.63) is 29.8 Å². The first-order valence-corrected chi connectivity index (χ1v) is 8.10. The van der Waals surface area contributed by atoms with E-state index in [4.69, 9.17) is 9.84 Å². The average molecular weight is 304 g/mol. The molecule has 1 atom stereocenters. The number of likely N-dealkylation sites (tertiary alicyclic amines) is 1. The van der Waals surface area contributed by atoms with Gasteiger partial charge in [0, 0.05) is 18.6 Å². The summed E-state index contributed by atoms with van der Waals surface area (Å²) in [7, 11) is 0. The highest BCUT2D eigenvalue weighted by atomic mass is 16.5. The van der Waals surface area contributed by atoms with E-state index in [1.165, 1.54) is 0 Å². The highest BCUT2D eigenvalue weighted by Crippen LogP contribution is 2.31. The summed E-state index contributed by atoms with van der Waals surface area (Å²) in [5.74, 6) is 1.36. The third-order valence-electron chi connectivity index (χ3n) is 4.63. The zero-order chi connectivity index (χ0) is 15.4. The van der Waals surface area contributed by atoms with Gasteiger partial charge < -0.3 is 15.2 Å². The molecule has 1 fully saturated rings. The summed E-state index contributed by atoms with van der Waals surface area (Å²) in [4.78, 5) is 14.5. The molecule has 0 bridgehead atoms. The number of amides is 1. The summed E-state index contributed by atoms with van der Waals surface area (Å²) in [6, 6.07) is 7.95. The predicted octanol–water partition coefficient (Wildman–Crippen LogP) is 1.33. The van der Waals surface area contributed by atoms with E-state index in [1.54, 1.807) is 0 Å². The second kappa shape index (κ2) is 7.11. The van der Waals surface area contributed by atoms with Gasteiger partial charge in [-0.3, -0.25) is 9.69 Å². The van der Waals surface area contributed by atoms with Gasteiger partial charge in [0.25, 0.3) is 0 Å². The van der Waals surface area contributed by atoms with Crippen molar-refractivity contribution >= 4 is 5.91 Å². The highest BCUT2D eigenvalue weighted by Gasteiger charge is 2.24. The maximum Gasteiger partial charge on any atom is 0.234 e. The molecule has 0 spiro atoms. The number of carbonyl (C=O) groups excluding carboxylic acids is 1. The lowest BCUT2D eigenvalue weighted by Gasteiger charge is -2.31. The van der Waals surface area contributed by atoms with Crippen LogP contribution < -0.4 is 10.1 Å². The Morgan fingerprint density at radius 2 is 2.05 bits per heavy atom. The minimum absolute atomic E-state index is 0.0485. The fraction of sp³-hybridized carbons (Fsp3) is 0.588. The van der Waals surface area contributed by atoms with Crippen LogP contribution in [0.5, 0.6) is 5.75 Å². The van der Waals surface area contributed by atoms with Crippen molar-refractivity contribution in [1.82, 2.24) is 10.2 Å². The summed E-state index contributed by atoms with van der Waals surface area (Å²) in [5.41, 5.74) is 1.07. The van der Waals surface area contributed by atoms with Gasteiger partial charge in [-0.05, 0) is 37.9 Å². The van der Waals surface area contributed by atoms with Crippen LogP contribution in [0.1, 0.15) is 30.9 Å². The lowest BCUT2D eigenvalue weighted by atomic mass is 9.98. The van der Waals surface area contributed by atoms with Gasteiger partial charge in [-0.1, -0.05) is 18.2 Å². The molecule has 22 heavy (non-hydrogen) atoms. The number of fused-ring (bicyclic) bond motifs is 1. The number of ether oxygens (including phenoxy) is 1. The van der Waals surface area contributed by atoms with Crippen LogP contribution in [0.3, 0.4) is 0 Å². The summed E-state index contributed by atoms with van der Waals surface area (Å²) < 4.78 is 5.62. The number of carbonyl (C=O) groups is 1. The van der Waals surface area contributed by atoms with Crippen molar-refractivity contribution in [2.45, 2.75) is 25.3 Å². The molecule has 1 aromatic rings. The lowest BCUT2D eigenvalue weighted by molar-refractivity contribution is -0.123. The van der Waals surface area contributed by atoms with Crippen LogP contribution in [0.4, 0.5) is 0 Å². The number of rotatable bonds is 4. The van der Waals surface area contributed by atoms with Crippen molar-refractivity contribution < 1.29 is 14.6 Å². The Hall–Kier alpha value is -1.59. The monoisotopic (exact) mass is 304 g/mol. The van der Waals surface area contributed by atoms with Gasteiger partial charge in [0.1, 0.15) is 5.75 Å². The number of benzene rings is 1. The van der Waals surface area contributed by atoms with E-state index in [1.807, 2.05) is 24.3 Å². The number of piperidine rings is 1. The molecular weight excluding hydrogens is 280 g/mol. The number of aliphatic hydroxyl groups is 1.